The zero-order chi connectivity index (χ0) is 12.4. The molecule has 0 unspecified atom stereocenters. The van der Waals surface area contributed by atoms with Crippen LogP contribution in [-0.4, -0.2) is 13.0 Å². The second-order valence-electron chi connectivity index (χ2n) is 4.88. The van der Waals surface area contributed by atoms with E-state index in [1.54, 1.807) is 7.11 Å². The number of nitrogens with one attached hydrogen (secondary N) is 1. The third-order valence-corrected chi connectivity index (χ3v) is 3.10. The van der Waals surface area contributed by atoms with Gasteiger partial charge in [-0.15, -0.1) is 0 Å². The Kier molecular flexibility index (Phi) is 3.36. The fourth-order valence-electron chi connectivity index (χ4n) is 1.76. The van der Waals surface area contributed by atoms with Crippen LogP contribution in [0.2, 0.25) is 0 Å². The average molecular weight is 233 g/mol. The van der Waals surface area contributed by atoms with Gasteiger partial charge in [0.2, 0.25) is 5.91 Å². The molecule has 0 radical (unpaired) electrons. The Balaban J connectivity index is 2.21. The van der Waals surface area contributed by atoms with Gasteiger partial charge in [-0.25, -0.2) is 0 Å². The molecule has 0 spiro atoms. The van der Waals surface area contributed by atoms with Crippen LogP contribution in [0, 0.1) is 5.92 Å². The van der Waals surface area contributed by atoms with Gasteiger partial charge in [0, 0.05) is 5.92 Å². The smallest absolute Gasteiger partial charge is 0.227 e. The molecule has 0 saturated heterocycles. The molecule has 1 fully saturated rings. The second-order valence-corrected chi connectivity index (χ2v) is 4.88. The van der Waals surface area contributed by atoms with Crippen LogP contribution in [0.25, 0.3) is 0 Å². The number of benzene rings is 1. The third kappa shape index (κ3) is 2.78. The number of hydrogen-bond acceptors (Lipinski definition) is 2. The van der Waals surface area contributed by atoms with Crippen LogP contribution >= 0.6 is 0 Å². The Morgan fingerprint density at radius 1 is 1.41 bits per heavy atom. The van der Waals surface area contributed by atoms with E-state index in [1.807, 2.05) is 18.2 Å². The van der Waals surface area contributed by atoms with Gasteiger partial charge < -0.3 is 10.1 Å². The monoisotopic (exact) mass is 233 g/mol. The average Bonchev–Trinajstić information content (AvgIpc) is 3.12. The van der Waals surface area contributed by atoms with Gasteiger partial charge in [0.25, 0.3) is 0 Å². The molecule has 1 aliphatic rings. The molecule has 1 aromatic rings. The first kappa shape index (κ1) is 12.0. The van der Waals surface area contributed by atoms with Crippen molar-refractivity contribution in [3.8, 4) is 5.75 Å². The topological polar surface area (TPSA) is 38.3 Å². The molecule has 17 heavy (non-hydrogen) atoms. The number of rotatable bonds is 4. The van der Waals surface area contributed by atoms with Crippen LogP contribution in [0.3, 0.4) is 0 Å². The normalized spacial score (nSPS) is 14.8. The van der Waals surface area contributed by atoms with Gasteiger partial charge in [-0.05, 0) is 36.5 Å². The van der Waals surface area contributed by atoms with Crippen molar-refractivity contribution in [1.29, 1.82) is 0 Å². The molecule has 1 N–H and O–H groups in total. The minimum atomic E-state index is 0.115. The van der Waals surface area contributed by atoms with Crippen LogP contribution in [0.15, 0.2) is 18.2 Å². The highest BCUT2D eigenvalue weighted by molar-refractivity contribution is 5.95. The Hall–Kier alpha value is -1.51. The predicted molar refractivity (Wildman–Crippen MR) is 68.4 cm³/mol. The van der Waals surface area contributed by atoms with E-state index < -0.39 is 0 Å². The molecular formula is C14H19NO2. The van der Waals surface area contributed by atoms with E-state index >= 15 is 0 Å². The number of methoxy groups -OCH3 is 1. The standard InChI is InChI=1S/C14H19NO2/c1-9(2)11-6-7-13(17-3)12(8-11)15-14(16)10-4-5-10/h6-10H,4-5H2,1-3H3,(H,15,16). The van der Waals surface area contributed by atoms with Crippen molar-refractivity contribution in [1.82, 2.24) is 0 Å². The van der Waals surface area contributed by atoms with Crippen molar-refractivity contribution < 1.29 is 9.53 Å². The largest absolute Gasteiger partial charge is 0.495 e. The van der Waals surface area contributed by atoms with Crippen LogP contribution in [0.1, 0.15) is 38.2 Å². The summed E-state index contributed by atoms with van der Waals surface area (Å²) >= 11 is 0. The summed E-state index contributed by atoms with van der Waals surface area (Å²) in [4.78, 5) is 11.8. The van der Waals surface area contributed by atoms with Gasteiger partial charge >= 0.3 is 0 Å². The van der Waals surface area contributed by atoms with Gasteiger partial charge in [0.05, 0.1) is 12.8 Å². The van der Waals surface area contributed by atoms with E-state index in [0.29, 0.717) is 5.92 Å². The molecule has 1 amide bonds. The maximum absolute atomic E-state index is 11.8. The van der Waals surface area contributed by atoms with Gasteiger partial charge in [-0.1, -0.05) is 19.9 Å². The lowest BCUT2D eigenvalue weighted by Crippen LogP contribution is -2.14. The fourth-order valence-corrected chi connectivity index (χ4v) is 1.76. The first-order valence-electron chi connectivity index (χ1n) is 6.10. The summed E-state index contributed by atoms with van der Waals surface area (Å²) in [5.41, 5.74) is 1.99. The molecule has 3 heteroatoms. The quantitative estimate of drug-likeness (QED) is 0.867. The zero-order valence-corrected chi connectivity index (χ0v) is 10.6. The van der Waals surface area contributed by atoms with Crippen LogP contribution in [0.4, 0.5) is 5.69 Å². The number of anilines is 1. The number of hydrogen-bond donors (Lipinski definition) is 1. The fraction of sp³-hybridized carbons (Fsp3) is 0.500. The van der Waals surface area contributed by atoms with Crippen LogP contribution in [0.5, 0.6) is 5.75 Å². The summed E-state index contributed by atoms with van der Waals surface area (Å²) in [7, 11) is 1.62. The van der Waals surface area contributed by atoms with Crippen molar-refractivity contribution in [2.45, 2.75) is 32.6 Å². The summed E-state index contributed by atoms with van der Waals surface area (Å²) in [6.45, 7) is 4.27. The number of ether oxygens (including phenoxy) is 1. The van der Waals surface area contributed by atoms with Crippen LogP contribution in [-0.2, 0) is 4.79 Å². The third-order valence-electron chi connectivity index (χ3n) is 3.10. The highest BCUT2D eigenvalue weighted by Crippen LogP contribution is 2.33. The summed E-state index contributed by atoms with van der Waals surface area (Å²) < 4.78 is 5.27. The number of carbonyl (C=O) groups is 1. The summed E-state index contributed by atoms with van der Waals surface area (Å²) in [6, 6.07) is 5.96. The van der Waals surface area contributed by atoms with E-state index in [0.717, 1.165) is 24.3 Å². The SMILES string of the molecule is COc1ccc(C(C)C)cc1NC(=O)C1CC1. The highest BCUT2D eigenvalue weighted by Gasteiger charge is 2.30. The molecule has 1 aliphatic carbocycles. The molecule has 0 atom stereocenters. The van der Waals surface area contributed by atoms with Gasteiger partial charge in [0.1, 0.15) is 5.75 Å². The minimum absolute atomic E-state index is 0.115. The Morgan fingerprint density at radius 2 is 2.12 bits per heavy atom. The molecule has 1 aromatic carbocycles. The van der Waals surface area contributed by atoms with E-state index in [-0.39, 0.29) is 11.8 Å². The molecule has 0 aliphatic heterocycles. The Labute approximate surface area is 102 Å². The maximum atomic E-state index is 11.8. The first-order chi connectivity index (χ1) is 8.11. The molecule has 2 rings (SSSR count). The van der Waals surface area contributed by atoms with Crippen molar-refractivity contribution in [3.05, 3.63) is 23.8 Å². The van der Waals surface area contributed by atoms with E-state index in [9.17, 15) is 4.79 Å². The molecular weight excluding hydrogens is 214 g/mol. The summed E-state index contributed by atoms with van der Waals surface area (Å²) in [5, 5.41) is 2.95. The van der Waals surface area contributed by atoms with Crippen molar-refractivity contribution in [2.75, 3.05) is 12.4 Å². The molecule has 3 nitrogen and oxygen atoms in total. The summed E-state index contributed by atoms with van der Waals surface area (Å²) in [5.74, 6) is 1.49. The van der Waals surface area contributed by atoms with Gasteiger partial charge in [-0.2, -0.15) is 0 Å². The summed E-state index contributed by atoms with van der Waals surface area (Å²) in [6.07, 6.45) is 2.02. The maximum Gasteiger partial charge on any atom is 0.227 e. The zero-order valence-electron chi connectivity index (χ0n) is 10.6. The number of amides is 1. The molecule has 92 valence electrons. The lowest BCUT2D eigenvalue weighted by atomic mass is 10.0. The lowest BCUT2D eigenvalue weighted by Gasteiger charge is -2.13. The molecule has 0 heterocycles. The molecule has 0 bridgehead atoms. The van der Waals surface area contributed by atoms with Crippen molar-refractivity contribution in [2.24, 2.45) is 5.92 Å². The first-order valence-corrected chi connectivity index (χ1v) is 6.10. The molecule has 1 saturated carbocycles. The lowest BCUT2D eigenvalue weighted by molar-refractivity contribution is -0.117. The Morgan fingerprint density at radius 3 is 2.65 bits per heavy atom. The highest BCUT2D eigenvalue weighted by atomic mass is 16.5. The van der Waals surface area contributed by atoms with Gasteiger partial charge in [-0.3, -0.25) is 4.79 Å². The van der Waals surface area contributed by atoms with E-state index in [1.165, 1.54) is 5.56 Å². The van der Waals surface area contributed by atoms with Crippen molar-refractivity contribution >= 4 is 11.6 Å². The second kappa shape index (κ2) is 4.78. The van der Waals surface area contributed by atoms with Gasteiger partial charge in [0.15, 0.2) is 0 Å². The van der Waals surface area contributed by atoms with Crippen LogP contribution < -0.4 is 10.1 Å². The predicted octanol–water partition coefficient (Wildman–Crippen LogP) is 3.17. The van der Waals surface area contributed by atoms with Crippen molar-refractivity contribution in [3.63, 3.8) is 0 Å². The molecule has 0 aromatic heterocycles. The minimum Gasteiger partial charge on any atom is -0.495 e. The van der Waals surface area contributed by atoms with E-state index in [4.69, 9.17) is 4.74 Å². The number of carbonyl (C=O) groups excluding carboxylic acids is 1. The van der Waals surface area contributed by atoms with E-state index in [2.05, 4.69) is 19.2 Å². The Bertz CT molecular complexity index is 422.